The maximum absolute atomic E-state index is 13.0. The average Bonchev–Trinajstić information content (AvgIpc) is 3.52. The Bertz CT molecular complexity index is 1010. The molecule has 0 radical (unpaired) electrons. The molecule has 2 heterocycles. The fourth-order valence-corrected chi connectivity index (χ4v) is 4.43. The smallest absolute Gasteiger partial charge is 0.252 e. The standard InChI is InChI=1S/C25H27N3O/c29-25(22-16-24(19-10-11-19)27-23-9-5-4-8-21(22)23)26-13-15-28-14-12-20(17-28)18-6-2-1-3-7-18/h1-9,16,19-20H,10-15,17H2,(H,26,29)/t20-/m0/s1. The van der Waals surface area contributed by atoms with E-state index in [1.165, 1.54) is 24.8 Å². The zero-order valence-electron chi connectivity index (χ0n) is 16.7. The Balaban J connectivity index is 1.22. The minimum absolute atomic E-state index is 0.0179. The molecule has 148 valence electrons. The van der Waals surface area contributed by atoms with Crippen molar-refractivity contribution in [3.8, 4) is 0 Å². The van der Waals surface area contributed by atoms with Crippen LogP contribution in [0, 0.1) is 0 Å². The van der Waals surface area contributed by atoms with E-state index in [0.717, 1.165) is 41.8 Å². The SMILES string of the molecule is O=C(NCCN1CC[C@H](c2ccccc2)C1)c1cc(C2CC2)nc2ccccc12. The second kappa shape index (κ2) is 7.96. The van der Waals surface area contributed by atoms with Crippen LogP contribution in [0.5, 0.6) is 0 Å². The minimum Gasteiger partial charge on any atom is -0.351 e. The first-order chi connectivity index (χ1) is 14.3. The van der Waals surface area contributed by atoms with Gasteiger partial charge in [-0.05, 0) is 49.4 Å². The maximum Gasteiger partial charge on any atom is 0.252 e. The van der Waals surface area contributed by atoms with E-state index >= 15 is 0 Å². The zero-order valence-corrected chi connectivity index (χ0v) is 16.7. The minimum atomic E-state index is 0.0179. The largest absolute Gasteiger partial charge is 0.351 e. The highest BCUT2D eigenvalue weighted by Gasteiger charge is 2.27. The third-order valence-electron chi connectivity index (χ3n) is 6.23. The van der Waals surface area contributed by atoms with Gasteiger partial charge in [0, 0.05) is 36.6 Å². The number of carbonyl (C=O) groups excluding carboxylic acids is 1. The van der Waals surface area contributed by atoms with Gasteiger partial charge in [0.1, 0.15) is 0 Å². The first kappa shape index (κ1) is 18.3. The molecular weight excluding hydrogens is 358 g/mol. The molecule has 2 aliphatic rings. The molecule has 1 saturated carbocycles. The molecule has 4 heteroatoms. The summed E-state index contributed by atoms with van der Waals surface area (Å²) in [5.74, 6) is 1.16. The number of aromatic nitrogens is 1. The molecule has 3 aromatic rings. The van der Waals surface area contributed by atoms with Crippen LogP contribution in [-0.2, 0) is 0 Å². The number of amides is 1. The lowest BCUT2D eigenvalue weighted by molar-refractivity contribution is 0.0951. The van der Waals surface area contributed by atoms with Gasteiger partial charge in [-0.3, -0.25) is 9.78 Å². The second-order valence-corrected chi connectivity index (χ2v) is 8.34. The lowest BCUT2D eigenvalue weighted by Crippen LogP contribution is -2.34. The summed E-state index contributed by atoms with van der Waals surface area (Å²) in [5.41, 5.74) is 4.18. The third kappa shape index (κ3) is 4.03. The van der Waals surface area contributed by atoms with Gasteiger partial charge in [-0.1, -0.05) is 48.5 Å². The second-order valence-electron chi connectivity index (χ2n) is 8.34. The number of hydrogen-bond donors (Lipinski definition) is 1. The number of rotatable bonds is 6. The Morgan fingerprint density at radius 2 is 1.79 bits per heavy atom. The molecule has 4 nitrogen and oxygen atoms in total. The van der Waals surface area contributed by atoms with E-state index in [0.29, 0.717) is 18.4 Å². The number of para-hydroxylation sites is 1. The van der Waals surface area contributed by atoms with Crippen LogP contribution in [0.1, 0.15) is 52.7 Å². The van der Waals surface area contributed by atoms with E-state index in [2.05, 4.69) is 40.5 Å². The van der Waals surface area contributed by atoms with E-state index in [9.17, 15) is 4.79 Å². The number of pyridine rings is 1. The molecule has 2 fully saturated rings. The quantitative estimate of drug-likeness (QED) is 0.687. The van der Waals surface area contributed by atoms with Crippen LogP contribution in [0.2, 0.25) is 0 Å². The lowest BCUT2D eigenvalue weighted by Gasteiger charge is -2.17. The van der Waals surface area contributed by atoms with E-state index in [4.69, 9.17) is 4.98 Å². The Morgan fingerprint density at radius 3 is 2.62 bits per heavy atom. The number of likely N-dealkylation sites (tertiary alicyclic amines) is 1. The summed E-state index contributed by atoms with van der Waals surface area (Å²) in [7, 11) is 0. The van der Waals surface area contributed by atoms with Crippen LogP contribution in [0.3, 0.4) is 0 Å². The molecule has 1 aromatic heterocycles. The fraction of sp³-hybridized carbons (Fsp3) is 0.360. The molecule has 29 heavy (non-hydrogen) atoms. The number of nitrogens with one attached hydrogen (secondary N) is 1. The van der Waals surface area contributed by atoms with Gasteiger partial charge >= 0.3 is 0 Å². The first-order valence-electron chi connectivity index (χ1n) is 10.7. The Morgan fingerprint density at radius 1 is 1.00 bits per heavy atom. The molecular formula is C25H27N3O. The van der Waals surface area contributed by atoms with Crippen molar-refractivity contribution in [2.75, 3.05) is 26.2 Å². The van der Waals surface area contributed by atoms with Gasteiger partial charge in [0.05, 0.1) is 11.1 Å². The molecule has 1 N–H and O–H groups in total. The Labute approximate surface area is 171 Å². The lowest BCUT2D eigenvalue weighted by atomic mass is 9.99. The highest BCUT2D eigenvalue weighted by atomic mass is 16.1. The molecule has 0 unspecified atom stereocenters. The van der Waals surface area contributed by atoms with Gasteiger partial charge in [-0.2, -0.15) is 0 Å². The van der Waals surface area contributed by atoms with Gasteiger partial charge < -0.3 is 10.2 Å². The molecule has 2 aromatic carbocycles. The van der Waals surface area contributed by atoms with Crippen LogP contribution in [0.25, 0.3) is 10.9 Å². The monoisotopic (exact) mass is 385 g/mol. The van der Waals surface area contributed by atoms with Crippen molar-refractivity contribution < 1.29 is 4.79 Å². The zero-order chi connectivity index (χ0) is 19.6. The number of fused-ring (bicyclic) bond motifs is 1. The van der Waals surface area contributed by atoms with Crippen LogP contribution < -0.4 is 5.32 Å². The summed E-state index contributed by atoms with van der Waals surface area (Å²) in [6.07, 6.45) is 3.56. The summed E-state index contributed by atoms with van der Waals surface area (Å²) in [5, 5.41) is 4.09. The van der Waals surface area contributed by atoms with Crippen molar-refractivity contribution in [1.29, 1.82) is 0 Å². The number of hydrogen-bond acceptors (Lipinski definition) is 3. The third-order valence-corrected chi connectivity index (χ3v) is 6.23. The highest BCUT2D eigenvalue weighted by Crippen LogP contribution is 2.40. The van der Waals surface area contributed by atoms with Gasteiger partial charge in [-0.25, -0.2) is 0 Å². The van der Waals surface area contributed by atoms with Crippen LogP contribution in [0.15, 0.2) is 60.7 Å². The molecule has 1 amide bonds. The predicted octanol–water partition coefficient (Wildman–Crippen LogP) is 4.33. The predicted molar refractivity (Wildman–Crippen MR) is 116 cm³/mol. The average molecular weight is 386 g/mol. The molecule has 5 rings (SSSR count). The molecule has 1 aliphatic carbocycles. The molecule has 0 bridgehead atoms. The summed E-state index contributed by atoms with van der Waals surface area (Å²) < 4.78 is 0. The van der Waals surface area contributed by atoms with E-state index in [1.807, 2.05) is 30.3 Å². The Hall–Kier alpha value is -2.72. The van der Waals surface area contributed by atoms with E-state index in [1.54, 1.807) is 0 Å². The fourth-order valence-electron chi connectivity index (χ4n) is 4.43. The van der Waals surface area contributed by atoms with Gasteiger partial charge in [-0.15, -0.1) is 0 Å². The summed E-state index contributed by atoms with van der Waals surface area (Å²) in [6.45, 7) is 3.74. The Kier molecular flexibility index (Phi) is 5.03. The highest BCUT2D eigenvalue weighted by molar-refractivity contribution is 6.06. The van der Waals surface area contributed by atoms with Crippen LogP contribution in [0.4, 0.5) is 0 Å². The van der Waals surface area contributed by atoms with Crippen molar-refractivity contribution >= 4 is 16.8 Å². The summed E-state index contributed by atoms with van der Waals surface area (Å²) >= 11 is 0. The van der Waals surface area contributed by atoms with Crippen molar-refractivity contribution in [3.63, 3.8) is 0 Å². The number of nitrogens with zero attached hydrogens (tertiary/aromatic N) is 2. The number of carbonyl (C=O) groups is 1. The van der Waals surface area contributed by atoms with Crippen molar-refractivity contribution in [2.24, 2.45) is 0 Å². The van der Waals surface area contributed by atoms with Gasteiger partial charge in [0.15, 0.2) is 0 Å². The van der Waals surface area contributed by atoms with Crippen LogP contribution in [-0.4, -0.2) is 42.0 Å². The van der Waals surface area contributed by atoms with Gasteiger partial charge in [0.2, 0.25) is 0 Å². The van der Waals surface area contributed by atoms with Crippen LogP contribution >= 0.6 is 0 Å². The molecule has 1 aliphatic heterocycles. The van der Waals surface area contributed by atoms with E-state index in [-0.39, 0.29) is 5.91 Å². The topological polar surface area (TPSA) is 45.2 Å². The van der Waals surface area contributed by atoms with Crippen molar-refractivity contribution in [2.45, 2.75) is 31.1 Å². The van der Waals surface area contributed by atoms with Crippen molar-refractivity contribution in [3.05, 3.63) is 77.5 Å². The summed E-state index contributed by atoms with van der Waals surface area (Å²) in [4.78, 5) is 20.2. The summed E-state index contributed by atoms with van der Waals surface area (Å²) in [6, 6.07) is 20.7. The number of benzene rings is 2. The normalized spacial score (nSPS) is 19.5. The first-order valence-corrected chi connectivity index (χ1v) is 10.7. The molecule has 0 spiro atoms. The van der Waals surface area contributed by atoms with Crippen molar-refractivity contribution in [1.82, 2.24) is 15.2 Å². The van der Waals surface area contributed by atoms with E-state index < -0.39 is 0 Å². The molecule has 1 saturated heterocycles. The maximum atomic E-state index is 13.0. The van der Waals surface area contributed by atoms with Gasteiger partial charge in [0.25, 0.3) is 5.91 Å². The molecule has 1 atom stereocenters.